The molecule has 2 heterocycles. The number of carbonyl (C=O) groups is 1. The van der Waals surface area contributed by atoms with Gasteiger partial charge in [0.15, 0.2) is 0 Å². The van der Waals surface area contributed by atoms with Crippen LogP contribution in [0.1, 0.15) is 25.3 Å². The molecule has 1 aromatic heterocycles. The third-order valence-electron chi connectivity index (χ3n) is 4.54. The van der Waals surface area contributed by atoms with Gasteiger partial charge in [-0.15, -0.1) is 0 Å². The van der Waals surface area contributed by atoms with Gasteiger partial charge in [-0.1, -0.05) is 12.1 Å². The first-order valence-corrected chi connectivity index (χ1v) is 9.26. The molecule has 0 atom stereocenters. The van der Waals surface area contributed by atoms with Crippen LogP contribution in [0.3, 0.4) is 0 Å². The van der Waals surface area contributed by atoms with E-state index >= 15 is 0 Å². The molecule has 1 saturated heterocycles. The summed E-state index contributed by atoms with van der Waals surface area (Å²) in [7, 11) is 0. The van der Waals surface area contributed by atoms with Crippen molar-refractivity contribution < 1.29 is 13.9 Å². The number of halogens is 1. The van der Waals surface area contributed by atoms with Crippen molar-refractivity contribution in [1.82, 2.24) is 15.2 Å². The predicted octanol–water partition coefficient (Wildman–Crippen LogP) is 3.41. The first kappa shape index (κ1) is 19.1. The van der Waals surface area contributed by atoms with Crippen LogP contribution in [0.2, 0.25) is 0 Å². The number of benzene rings is 1. The summed E-state index contributed by atoms with van der Waals surface area (Å²) in [5.74, 6) is 0.207. The number of ether oxygens (including phenoxy) is 1. The highest BCUT2D eigenvalue weighted by molar-refractivity contribution is 5.90. The van der Waals surface area contributed by atoms with E-state index in [0.717, 1.165) is 38.0 Å². The quantitative estimate of drug-likeness (QED) is 0.816. The minimum Gasteiger partial charge on any atom is -0.476 e. The molecule has 0 unspecified atom stereocenters. The van der Waals surface area contributed by atoms with E-state index in [1.165, 1.54) is 12.1 Å². The Labute approximate surface area is 158 Å². The molecule has 3 rings (SSSR count). The lowest BCUT2D eigenvalue weighted by Crippen LogP contribution is -2.45. The number of carbonyl (C=O) groups excluding carboxylic acids is 1. The topological polar surface area (TPSA) is 66.5 Å². The fourth-order valence-electron chi connectivity index (χ4n) is 3.16. The van der Waals surface area contributed by atoms with Crippen LogP contribution in [0.25, 0.3) is 0 Å². The van der Waals surface area contributed by atoms with E-state index in [1.807, 2.05) is 19.1 Å². The standard InChI is InChI=1S/C20H25FN4O2/c1-2-27-19-18(4-3-11-22-19)24-20(26)23-17-9-12-25(13-10-17)14-15-5-7-16(21)8-6-15/h3-8,11,17H,2,9-10,12-14H2,1H3,(H2,23,24,26). The first-order valence-electron chi connectivity index (χ1n) is 9.26. The number of hydrogen-bond donors (Lipinski definition) is 2. The third-order valence-corrected chi connectivity index (χ3v) is 4.54. The van der Waals surface area contributed by atoms with Gasteiger partial charge >= 0.3 is 6.03 Å². The van der Waals surface area contributed by atoms with Crippen molar-refractivity contribution in [1.29, 1.82) is 0 Å². The van der Waals surface area contributed by atoms with Crippen molar-refractivity contribution in [2.24, 2.45) is 0 Å². The van der Waals surface area contributed by atoms with E-state index in [2.05, 4.69) is 20.5 Å². The molecule has 1 aliphatic rings. The van der Waals surface area contributed by atoms with E-state index in [1.54, 1.807) is 18.3 Å². The number of pyridine rings is 1. The van der Waals surface area contributed by atoms with Gasteiger partial charge in [-0.2, -0.15) is 0 Å². The Morgan fingerprint density at radius 1 is 1.26 bits per heavy atom. The number of rotatable bonds is 6. The van der Waals surface area contributed by atoms with E-state index in [-0.39, 0.29) is 17.9 Å². The second kappa shape index (κ2) is 9.32. The Morgan fingerprint density at radius 2 is 2.00 bits per heavy atom. The second-order valence-electron chi connectivity index (χ2n) is 6.56. The molecule has 1 fully saturated rings. The maximum Gasteiger partial charge on any atom is 0.319 e. The molecule has 0 radical (unpaired) electrons. The average Bonchev–Trinajstić information content (AvgIpc) is 2.67. The summed E-state index contributed by atoms with van der Waals surface area (Å²) in [6, 6.07) is 10.0. The zero-order valence-electron chi connectivity index (χ0n) is 15.5. The number of aromatic nitrogens is 1. The molecular formula is C20H25FN4O2. The van der Waals surface area contributed by atoms with Crippen LogP contribution >= 0.6 is 0 Å². The minimum absolute atomic E-state index is 0.127. The van der Waals surface area contributed by atoms with Gasteiger partial charge in [0.2, 0.25) is 5.88 Å². The fraction of sp³-hybridized carbons (Fsp3) is 0.400. The molecule has 7 heteroatoms. The Balaban J connectivity index is 1.45. The molecule has 0 spiro atoms. The van der Waals surface area contributed by atoms with E-state index in [9.17, 15) is 9.18 Å². The summed E-state index contributed by atoms with van der Waals surface area (Å²) in [4.78, 5) is 18.7. The van der Waals surface area contributed by atoms with Crippen LogP contribution in [-0.4, -0.2) is 41.7 Å². The number of hydrogen-bond acceptors (Lipinski definition) is 4. The number of likely N-dealkylation sites (tertiary alicyclic amines) is 1. The molecule has 1 aromatic carbocycles. The Hall–Kier alpha value is -2.67. The summed E-state index contributed by atoms with van der Waals surface area (Å²) in [6.07, 6.45) is 3.38. The van der Waals surface area contributed by atoms with Crippen LogP contribution in [0, 0.1) is 5.82 Å². The van der Waals surface area contributed by atoms with Gasteiger partial charge in [0.25, 0.3) is 0 Å². The summed E-state index contributed by atoms with van der Waals surface area (Å²) >= 11 is 0. The summed E-state index contributed by atoms with van der Waals surface area (Å²) in [5, 5.41) is 5.83. The van der Waals surface area contributed by atoms with Crippen molar-refractivity contribution in [2.45, 2.75) is 32.4 Å². The number of anilines is 1. The van der Waals surface area contributed by atoms with Gasteiger partial charge in [-0.3, -0.25) is 4.90 Å². The van der Waals surface area contributed by atoms with Crippen LogP contribution < -0.4 is 15.4 Å². The molecule has 27 heavy (non-hydrogen) atoms. The van der Waals surface area contributed by atoms with Gasteiger partial charge in [-0.05, 0) is 49.6 Å². The molecule has 0 aliphatic carbocycles. The van der Waals surface area contributed by atoms with Crippen LogP contribution in [0.4, 0.5) is 14.9 Å². The van der Waals surface area contributed by atoms with Crippen molar-refractivity contribution in [3.05, 3.63) is 54.0 Å². The number of nitrogens with zero attached hydrogens (tertiary/aromatic N) is 2. The lowest BCUT2D eigenvalue weighted by Gasteiger charge is -2.32. The number of nitrogens with one attached hydrogen (secondary N) is 2. The molecule has 0 saturated carbocycles. The third kappa shape index (κ3) is 5.65. The minimum atomic E-state index is -0.249. The summed E-state index contributed by atoms with van der Waals surface area (Å²) in [5.41, 5.74) is 1.66. The van der Waals surface area contributed by atoms with Crippen molar-refractivity contribution in [3.63, 3.8) is 0 Å². The number of urea groups is 1. The van der Waals surface area contributed by atoms with Crippen LogP contribution in [0.15, 0.2) is 42.6 Å². The maximum atomic E-state index is 13.0. The zero-order valence-corrected chi connectivity index (χ0v) is 15.5. The molecular weight excluding hydrogens is 347 g/mol. The monoisotopic (exact) mass is 372 g/mol. The highest BCUT2D eigenvalue weighted by Crippen LogP contribution is 2.20. The lowest BCUT2D eigenvalue weighted by atomic mass is 10.0. The van der Waals surface area contributed by atoms with E-state index in [4.69, 9.17) is 4.74 Å². The Bertz CT molecular complexity index is 746. The lowest BCUT2D eigenvalue weighted by molar-refractivity contribution is 0.190. The van der Waals surface area contributed by atoms with Crippen LogP contribution in [0.5, 0.6) is 5.88 Å². The highest BCUT2D eigenvalue weighted by atomic mass is 19.1. The van der Waals surface area contributed by atoms with Gasteiger partial charge < -0.3 is 15.4 Å². The highest BCUT2D eigenvalue weighted by Gasteiger charge is 2.21. The maximum absolute atomic E-state index is 13.0. The molecule has 6 nitrogen and oxygen atoms in total. The van der Waals surface area contributed by atoms with Gasteiger partial charge in [-0.25, -0.2) is 14.2 Å². The molecule has 144 valence electrons. The van der Waals surface area contributed by atoms with Crippen molar-refractivity contribution in [3.8, 4) is 5.88 Å². The zero-order chi connectivity index (χ0) is 19.1. The van der Waals surface area contributed by atoms with Gasteiger partial charge in [0.1, 0.15) is 11.5 Å². The molecule has 0 bridgehead atoms. The van der Waals surface area contributed by atoms with Crippen molar-refractivity contribution in [2.75, 3.05) is 25.0 Å². The summed E-state index contributed by atoms with van der Waals surface area (Å²) < 4.78 is 18.4. The Kier molecular flexibility index (Phi) is 6.59. The normalized spacial score (nSPS) is 15.3. The fourth-order valence-corrected chi connectivity index (χ4v) is 3.16. The van der Waals surface area contributed by atoms with Gasteiger partial charge in [0.05, 0.1) is 6.61 Å². The number of piperidine rings is 1. The Morgan fingerprint density at radius 3 is 2.70 bits per heavy atom. The SMILES string of the molecule is CCOc1ncccc1NC(=O)NC1CCN(Cc2ccc(F)cc2)CC1. The van der Waals surface area contributed by atoms with E-state index in [0.29, 0.717) is 18.2 Å². The van der Waals surface area contributed by atoms with E-state index < -0.39 is 0 Å². The van der Waals surface area contributed by atoms with Crippen LogP contribution in [-0.2, 0) is 6.54 Å². The van der Waals surface area contributed by atoms with Crippen molar-refractivity contribution >= 4 is 11.7 Å². The predicted molar refractivity (Wildman–Crippen MR) is 102 cm³/mol. The average molecular weight is 372 g/mol. The molecule has 2 aromatic rings. The van der Waals surface area contributed by atoms with Gasteiger partial charge in [0, 0.05) is 31.9 Å². The largest absolute Gasteiger partial charge is 0.476 e. The smallest absolute Gasteiger partial charge is 0.319 e. The molecule has 2 N–H and O–H groups in total. The summed E-state index contributed by atoms with van der Waals surface area (Å²) in [6.45, 7) is 4.93. The molecule has 2 amide bonds. The molecule has 1 aliphatic heterocycles. The second-order valence-corrected chi connectivity index (χ2v) is 6.56. The number of amides is 2. The first-order chi connectivity index (χ1) is 13.1.